The molecule has 1 aliphatic heterocycles. The molecule has 3 heteroatoms. The predicted octanol–water partition coefficient (Wildman–Crippen LogP) is 1.63. The lowest BCUT2D eigenvalue weighted by Gasteiger charge is -2.28. The Morgan fingerprint density at radius 3 is 2.67 bits per heavy atom. The van der Waals surface area contributed by atoms with E-state index >= 15 is 0 Å². The number of carbonyl (C=O) groups is 1. The van der Waals surface area contributed by atoms with Gasteiger partial charge in [0, 0.05) is 13.0 Å². The van der Waals surface area contributed by atoms with Gasteiger partial charge in [0.2, 0.25) is 5.91 Å². The van der Waals surface area contributed by atoms with Crippen LogP contribution in [0, 0.1) is 5.92 Å². The zero-order chi connectivity index (χ0) is 11.1. The third kappa shape index (κ3) is 5.17. The van der Waals surface area contributed by atoms with Crippen molar-refractivity contribution in [2.24, 2.45) is 5.92 Å². The number of rotatable bonds is 5. The zero-order valence-electron chi connectivity index (χ0n) is 10.1. The van der Waals surface area contributed by atoms with E-state index in [0.717, 1.165) is 25.3 Å². The fourth-order valence-corrected chi connectivity index (χ4v) is 2.08. The molecule has 1 rings (SSSR count). The number of hydrogen-bond donors (Lipinski definition) is 1. The van der Waals surface area contributed by atoms with Gasteiger partial charge in [0.25, 0.3) is 0 Å². The van der Waals surface area contributed by atoms with Crippen molar-refractivity contribution >= 4 is 5.91 Å². The molecule has 1 aliphatic rings. The van der Waals surface area contributed by atoms with Crippen LogP contribution in [0.3, 0.4) is 0 Å². The standard InChI is InChI=1S/C12H24N2O/c1-3-4-12(15)13-8-5-11-6-9-14(2)10-7-11/h11H,3-10H2,1-2H3,(H,13,15). The molecule has 0 atom stereocenters. The van der Waals surface area contributed by atoms with Crippen molar-refractivity contribution in [2.45, 2.75) is 39.0 Å². The highest BCUT2D eigenvalue weighted by Crippen LogP contribution is 2.18. The Bertz CT molecular complexity index is 186. The van der Waals surface area contributed by atoms with Crippen molar-refractivity contribution in [1.82, 2.24) is 10.2 Å². The van der Waals surface area contributed by atoms with Crippen LogP contribution in [0.25, 0.3) is 0 Å². The van der Waals surface area contributed by atoms with Gasteiger partial charge < -0.3 is 10.2 Å². The monoisotopic (exact) mass is 212 g/mol. The van der Waals surface area contributed by atoms with Gasteiger partial charge in [0.15, 0.2) is 0 Å². The molecule has 3 nitrogen and oxygen atoms in total. The molecule has 0 spiro atoms. The van der Waals surface area contributed by atoms with E-state index in [1.165, 1.54) is 25.9 Å². The molecule has 0 bridgehead atoms. The summed E-state index contributed by atoms with van der Waals surface area (Å²) < 4.78 is 0. The topological polar surface area (TPSA) is 32.3 Å². The normalized spacial score (nSPS) is 19.1. The smallest absolute Gasteiger partial charge is 0.219 e. The molecule has 0 aliphatic carbocycles. The van der Waals surface area contributed by atoms with Crippen molar-refractivity contribution in [3.8, 4) is 0 Å². The minimum atomic E-state index is 0.213. The van der Waals surface area contributed by atoms with Crippen molar-refractivity contribution in [2.75, 3.05) is 26.7 Å². The number of piperidine rings is 1. The van der Waals surface area contributed by atoms with Crippen LogP contribution in [-0.2, 0) is 4.79 Å². The van der Waals surface area contributed by atoms with E-state index in [1.54, 1.807) is 0 Å². The number of nitrogens with one attached hydrogen (secondary N) is 1. The van der Waals surface area contributed by atoms with Crippen LogP contribution in [0.1, 0.15) is 39.0 Å². The second-order valence-electron chi connectivity index (χ2n) is 4.64. The first kappa shape index (κ1) is 12.5. The molecule has 0 aromatic carbocycles. The van der Waals surface area contributed by atoms with Crippen molar-refractivity contribution in [3.05, 3.63) is 0 Å². The first-order chi connectivity index (χ1) is 7.22. The fourth-order valence-electron chi connectivity index (χ4n) is 2.08. The van der Waals surface area contributed by atoms with Crippen molar-refractivity contribution < 1.29 is 4.79 Å². The Labute approximate surface area is 93.2 Å². The van der Waals surface area contributed by atoms with E-state index in [2.05, 4.69) is 17.3 Å². The largest absolute Gasteiger partial charge is 0.356 e. The summed E-state index contributed by atoms with van der Waals surface area (Å²) in [6, 6.07) is 0. The number of likely N-dealkylation sites (tertiary alicyclic amines) is 1. The van der Waals surface area contributed by atoms with Crippen LogP contribution in [0.15, 0.2) is 0 Å². The highest BCUT2D eigenvalue weighted by atomic mass is 16.1. The van der Waals surface area contributed by atoms with Crippen molar-refractivity contribution in [3.63, 3.8) is 0 Å². The second kappa shape index (κ2) is 6.83. The highest BCUT2D eigenvalue weighted by molar-refractivity contribution is 5.75. The van der Waals surface area contributed by atoms with Gasteiger partial charge in [0.1, 0.15) is 0 Å². The molecule has 88 valence electrons. The molecule has 0 unspecified atom stereocenters. The van der Waals surface area contributed by atoms with Gasteiger partial charge in [0.05, 0.1) is 0 Å². The SMILES string of the molecule is CCCC(=O)NCCC1CCN(C)CC1. The lowest BCUT2D eigenvalue weighted by atomic mass is 9.94. The lowest BCUT2D eigenvalue weighted by Crippen LogP contribution is -2.32. The van der Waals surface area contributed by atoms with Gasteiger partial charge in [-0.1, -0.05) is 6.92 Å². The van der Waals surface area contributed by atoms with Gasteiger partial charge in [-0.3, -0.25) is 4.79 Å². The quantitative estimate of drug-likeness (QED) is 0.751. The summed E-state index contributed by atoms with van der Waals surface area (Å²) in [6.07, 6.45) is 5.36. The summed E-state index contributed by atoms with van der Waals surface area (Å²) >= 11 is 0. The van der Waals surface area contributed by atoms with Gasteiger partial charge in [-0.15, -0.1) is 0 Å². The third-order valence-corrected chi connectivity index (χ3v) is 3.19. The number of amides is 1. The maximum absolute atomic E-state index is 11.2. The average Bonchev–Trinajstić information content (AvgIpc) is 2.21. The molecular formula is C12H24N2O. The molecule has 1 heterocycles. The van der Waals surface area contributed by atoms with Crippen LogP contribution in [0.5, 0.6) is 0 Å². The van der Waals surface area contributed by atoms with Crippen LogP contribution < -0.4 is 5.32 Å². The Balaban J connectivity index is 2.02. The predicted molar refractivity (Wildman–Crippen MR) is 62.8 cm³/mol. The van der Waals surface area contributed by atoms with Crippen LogP contribution in [0.4, 0.5) is 0 Å². The molecule has 15 heavy (non-hydrogen) atoms. The minimum Gasteiger partial charge on any atom is -0.356 e. The van der Waals surface area contributed by atoms with Crippen molar-refractivity contribution in [1.29, 1.82) is 0 Å². The number of carbonyl (C=O) groups excluding carboxylic acids is 1. The Morgan fingerprint density at radius 2 is 2.07 bits per heavy atom. The summed E-state index contributed by atoms with van der Waals surface area (Å²) in [4.78, 5) is 13.6. The van der Waals surface area contributed by atoms with E-state index < -0.39 is 0 Å². The highest BCUT2D eigenvalue weighted by Gasteiger charge is 2.16. The zero-order valence-corrected chi connectivity index (χ0v) is 10.1. The first-order valence-electron chi connectivity index (χ1n) is 6.17. The second-order valence-corrected chi connectivity index (χ2v) is 4.64. The van der Waals surface area contributed by atoms with Crippen LogP contribution in [0.2, 0.25) is 0 Å². The van der Waals surface area contributed by atoms with E-state index in [-0.39, 0.29) is 5.91 Å². The van der Waals surface area contributed by atoms with Gasteiger partial charge in [-0.25, -0.2) is 0 Å². The molecule has 1 N–H and O–H groups in total. The van der Waals surface area contributed by atoms with E-state index in [0.29, 0.717) is 6.42 Å². The molecule has 1 amide bonds. The molecule has 0 radical (unpaired) electrons. The maximum atomic E-state index is 11.2. The summed E-state index contributed by atoms with van der Waals surface area (Å²) in [5.41, 5.74) is 0. The first-order valence-corrected chi connectivity index (χ1v) is 6.17. The summed E-state index contributed by atoms with van der Waals surface area (Å²) in [5.74, 6) is 1.04. The van der Waals surface area contributed by atoms with E-state index in [9.17, 15) is 4.79 Å². The average molecular weight is 212 g/mol. The summed E-state index contributed by atoms with van der Waals surface area (Å²) in [5, 5.41) is 2.99. The molecule has 0 saturated carbocycles. The molecule has 1 saturated heterocycles. The number of nitrogens with zero attached hydrogens (tertiary/aromatic N) is 1. The van der Waals surface area contributed by atoms with Crippen LogP contribution >= 0.6 is 0 Å². The third-order valence-electron chi connectivity index (χ3n) is 3.19. The summed E-state index contributed by atoms with van der Waals surface area (Å²) in [6.45, 7) is 5.34. The molecular weight excluding hydrogens is 188 g/mol. The van der Waals surface area contributed by atoms with Gasteiger partial charge in [-0.05, 0) is 51.7 Å². The van der Waals surface area contributed by atoms with E-state index in [4.69, 9.17) is 0 Å². The fraction of sp³-hybridized carbons (Fsp3) is 0.917. The maximum Gasteiger partial charge on any atom is 0.219 e. The van der Waals surface area contributed by atoms with Gasteiger partial charge in [-0.2, -0.15) is 0 Å². The lowest BCUT2D eigenvalue weighted by molar-refractivity contribution is -0.121. The minimum absolute atomic E-state index is 0.213. The Hall–Kier alpha value is -0.570. The van der Waals surface area contributed by atoms with Crippen LogP contribution in [-0.4, -0.2) is 37.5 Å². The molecule has 0 aromatic rings. The van der Waals surface area contributed by atoms with Gasteiger partial charge >= 0.3 is 0 Å². The number of hydrogen-bond acceptors (Lipinski definition) is 2. The van der Waals surface area contributed by atoms with E-state index in [1.807, 2.05) is 6.92 Å². The molecule has 0 aromatic heterocycles. The Morgan fingerprint density at radius 1 is 1.40 bits per heavy atom. The molecule has 1 fully saturated rings. The summed E-state index contributed by atoms with van der Waals surface area (Å²) in [7, 11) is 2.18. The Kier molecular flexibility index (Phi) is 5.69.